The number of hydrogen-bond acceptors (Lipinski definition) is 5. The molecule has 0 atom stereocenters. The van der Waals surface area contributed by atoms with E-state index < -0.39 is 0 Å². The summed E-state index contributed by atoms with van der Waals surface area (Å²) < 4.78 is 0. The fourth-order valence-corrected chi connectivity index (χ4v) is 3.58. The molecule has 4 N–H and O–H groups in total. The Bertz CT molecular complexity index is 649. The van der Waals surface area contributed by atoms with Crippen LogP contribution in [0.25, 0.3) is 0 Å². The smallest absolute Gasteiger partial charge is 0.271 e. The van der Waals surface area contributed by atoms with Gasteiger partial charge in [0.25, 0.3) is 5.91 Å². The van der Waals surface area contributed by atoms with Crippen molar-refractivity contribution in [2.24, 2.45) is 0 Å². The molecular weight excluding hydrogens is 296 g/mol. The number of nitrogen functional groups attached to an aromatic ring is 1. The highest BCUT2D eigenvalue weighted by Gasteiger charge is 2.20. The first-order valence-corrected chi connectivity index (χ1v) is 8.39. The molecule has 22 heavy (non-hydrogen) atoms. The summed E-state index contributed by atoms with van der Waals surface area (Å²) in [5.41, 5.74) is 8.00. The van der Waals surface area contributed by atoms with Crippen LogP contribution in [0.1, 0.15) is 39.8 Å². The van der Waals surface area contributed by atoms with Crippen molar-refractivity contribution in [3.05, 3.63) is 45.9 Å². The maximum absolute atomic E-state index is 12.2. The molecule has 0 spiro atoms. The van der Waals surface area contributed by atoms with Gasteiger partial charge in [-0.1, -0.05) is 18.2 Å². The molecule has 1 saturated heterocycles. The van der Waals surface area contributed by atoms with E-state index in [9.17, 15) is 4.79 Å². The zero-order valence-corrected chi connectivity index (χ0v) is 13.2. The summed E-state index contributed by atoms with van der Waals surface area (Å²) in [6, 6.07) is 7.54. The lowest BCUT2D eigenvalue weighted by molar-refractivity contribution is 0.0946. The molecule has 1 amide bonds. The number of aromatic nitrogens is 1. The normalized spacial score (nSPS) is 15.6. The molecule has 3 rings (SSSR count). The largest absolute Gasteiger partial charge is 0.398 e. The van der Waals surface area contributed by atoms with Crippen LogP contribution < -0.4 is 16.4 Å². The van der Waals surface area contributed by atoms with Gasteiger partial charge in [0.05, 0.1) is 5.01 Å². The third-order valence-corrected chi connectivity index (χ3v) is 4.94. The molecule has 1 aromatic heterocycles. The molecule has 2 heterocycles. The van der Waals surface area contributed by atoms with Crippen molar-refractivity contribution in [3.63, 3.8) is 0 Å². The number of thiazole rings is 1. The molecule has 1 fully saturated rings. The summed E-state index contributed by atoms with van der Waals surface area (Å²) in [4.78, 5) is 16.7. The summed E-state index contributed by atoms with van der Waals surface area (Å²) >= 11 is 1.58. The maximum Gasteiger partial charge on any atom is 0.271 e. The first-order chi connectivity index (χ1) is 10.7. The number of carbonyl (C=O) groups is 1. The van der Waals surface area contributed by atoms with Gasteiger partial charge in [-0.3, -0.25) is 4.79 Å². The van der Waals surface area contributed by atoms with Crippen molar-refractivity contribution in [3.8, 4) is 0 Å². The van der Waals surface area contributed by atoms with E-state index in [1.54, 1.807) is 11.3 Å². The van der Waals surface area contributed by atoms with E-state index in [0.29, 0.717) is 23.8 Å². The number of para-hydroxylation sites is 1. The first-order valence-electron chi connectivity index (χ1n) is 7.52. The third kappa shape index (κ3) is 3.45. The predicted molar refractivity (Wildman–Crippen MR) is 89.0 cm³/mol. The second-order valence-electron chi connectivity index (χ2n) is 5.48. The Morgan fingerprint density at radius 3 is 2.91 bits per heavy atom. The monoisotopic (exact) mass is 316 g/mol. The van der Waals surface area contributed by atoms with Gasteiger partial charge in [0.2, 0.25) is 0 Å². The van der Waals surface area contributed by atoms with Crippen LogP contribution in [-0.2, 0) is 6.54 Å². The Balaban J connectivity index is 1.61. The number of amides is 1. The molecule has 6 heteroatoms. The number of nitrogens with one attached hydrogen (secondary N) is 2. The van der Waals surface area contributed by atoms with Crippen LogP contribution in [0.2, 0.25) is 0 Å². The Morgan fingerprint density at radius 2 is 2.14 bits per heavy atom. The van der Waals surface area contributed by atoms with E-state index in [2.05, 4.69) is 15.6 Å². The molecule has 5 nitrogen and oxygen atoms in total. The van der Waals surface area contributed by atoms with Crippen molar-refractivity contribution < 1.29 is 4.79 Å². The first kappa shape index (κ1) is 15.0. The van der Waals surface area contributed by atoms with Gasteiger partial charge in [-0.05, 0) is 37.6 Å². The summed E-state index contributed by atoms with van der Waals surface area (Å²) in [6.07, 6.45) is 2.18. The van der Waals surface area contributed by atoms with Crippen LogP contribution in [0.4, 0.5) is 5.69 Å². The Labute approximate surface area is 133 Å². The van der Waals surface area contributed by atoms with Crippen molar-refractivity contribution in [2.45, 2.75) is 25.3 Å². The van der Waals surface area contributed by atoms with Gasteiger partial charge in [0.1, 0.15) is 5.69 Å². The molecule has 1 aliphatic heterocycles. The molecule has 0 unspecified atom stereocenters. The zero-order valence-electron chi connectivity index (χ0n) is 12.3. The molecule has 1 aliphatic rings. The minimum Gasteiger partial charge on any atom is -0.398 e. The van der Waals surface area contributed by atoms with E-state index in [0.717, 1.165) is 36.5 Å². The summed E-state index contributed by atoms with van der Waals surface area (Å²) in [7, 11) is 0. The third-order valence-electron chi connectivity index (χ3n) is 3.94. The molecule has 0 bridgehead atoms. The number of carbonyl (C=O) groups excluding carboxylic acids is 1. The fourth-order valence-electron chi connectivity index (χ4n) is 2.61. The highest BCUT2D eigenvalue weighted by Crippen LogP contribution is 2.27. The van der Waals surface area contributed by atoms with Crippen molar-refractivity contribution in [1.82, 2.24) is 15.6 Å². The molecule has 0 radical (unpaired) electrons. The number of anilines is 1. The number of hydrogen-bond donors (Lipinski definition) is 3. The molecule has 116 valence electrons. The quantitative estimate of drug-likeness (QED) is 0.755. The topological polar surface area (TPSA) is 80.0 Å². The standard InChI is InChI=1S/C16H20N4OS/c17-13-4-2-1-3-12(13)9-19-15(21)14-10-22-16(20-14)11-5-7-18-8-6-11/h1-4,10-11,18H,5-9,17H2,(H,19,21). The number of piperidine rings is 1. The Morgan fingerprint density at radius 1 is 1.36 bits per heavy atom. The number of nitrogens with zero attached hydrogens (tertiary/aromatic N) is 1. The van der Waals surface area contributed by atoms with Gasteiger partial charge in [0.15, 0.2) is 0 Å². The Kier molecular flexibility index (Phi) is 4.70. The lowest BCUT2D eigenvalue weighted by Crippen LogP contribution is -2.27. The van der Waals surface area contributed by atoms with Gasteiger partial charge >= 0.3 is 0 Å². The zero-order chi connectivity index (χ0) is 15.4. The van der Waals surface area contributed by atoms with Crippen LogP contribution >= 0.6 is 11.3 Å². The number of benzene rings is 1. The highest BCUT2D eigenvalue weighted by molar-refractivity contribution is 7.09. The molecule has 0 aliphatic carbocycles. The minimum absolute atomic E-state index is 0.139. The van der Waals surface area contributed by atoms with Crippen LogP contribution in [0.5, 0.6) is 0 Å². The van der Waals surface area contributed by atoms with Crippen LogP contribution in [-0.4, -0.2) is 24.0 Å². The minimum atomic E-state index is -0.139. The highest BCUT2D eigenvalue weighted by atomic mass is 32.1. The Hall–Kier alpha value is -1.92. The molecule has 0 saturated carbocycles. The van der Waals surface area contributed by atoms with E-state index in [-0.39, 0.29) is 5.91 Å². The molecule has 1 aromatic carbocycles. The molecule has 2 aromatic rings. The van der Waals surface area contributed by atoms with E-state index in [4.69, 9.17) is 5.73 Å². The predicted octanol–water partition coefficient (Wildman–Crippen LogP) is 2.12. The lowest BCUT2D eigenvalue weighted by Gasteiger charge is -2.20. The SMILES string of the molecule is Nc1ccccc1CNC(=O)c1csc(C2CCNCC2)n1. The van der Waals surface area contributed by atoms with Crippen molar-refractivity contribution in [2.75, 3.05) is 18.8 Å². The second-order valence-corrected chi connectivity index (χ2v) is 6.37. The second kappa shape index (κ2) is 6.89. The summed E-state index contributed by atoms with van der Waals surface area (Å²) in [5.74, 6) is 0.345. The molecular formula is C16H20N4OS. The van der Waals surface area contributed by atoms with Crippen molar-refractivity contribution >= 4 is 22.9 Å². The van der Waals surface area contributed by atoms with Gasteiger partial charge in [-0.2, -0.15) is 0 Å². The fraction of sp³-hybridized carbons (Fsp3) is 0.375. The maximum atomic E-state index is 12.2. The summed E-state index contributed by atoms with van der Waals surface area (Å²) in [6.45, 7) is 2.48. The average molecular weight is 316 g/mol. The summed E-state index contributed by atoms with van der Waals surface area (Å²) in [5, 5.41) is 9.15. The van der Waals surface area contributed by atoms with Gasteiger partial charge in [-0.25, -0.2) is 4.98 Å². The van der Waals surface area contributed by atoms with Gasteiger partial charge < -0.3 is 16.4 Å². The van der Waals surface area contributed by atoms with Crippen molar-refractivity contribution in [1.29, 1.82) is 0 Å². The van der Waals surface area contributed by atoms with Gasteiger partial charge in [0, 0.05) is 23.5 Å². The van der Waals surface area contributed by atoms with Crippen LogP contribution in [0.3, 0.4) is 0 Å². The lowest BCUT2D eigenvalue weighted by atomic mass is 9.99. The van der Waals surface area contributed by atoms with E-state index in [1.807, 2.05) is 29.6 Å². The van der Waals surface area contributed by atoms with Crippen LogP contribution in [0, 0.1) is 0 Å². The number of nitrogens with two attached hydrogens (primary N) is 1. The van der Waals surface area contributed by atoms with E-state index in [1.165, 1.54) is 0 Å². The van der Waals surface area contributed by atoms with Crippen LogP contribution in [0.15, 0.2) is 29.6 Å². The average Bonchev–Trinajstić information content (AvgIpc) is 3.05. The van der Waals surface area contributed by atoms with E-state index >= 15 is 0 Å². The number of rotatable bonds is 4. The van der Waals surface area contributed by atoms with Gasteiger partial charge in [-0.15, -0.1) is 11.3 Å².